The van der Waals surface area contributed by atoms with E-state index in [9.17, 15) is 0 Å². The molecule has 1 aliphatic heterocycles. The van der Waals surface area contributed by atoms with Gasteiger partial charge in [0.15, 0.2) is 0 Å². The second kappa shape index (κ2) is 9.40. The molecule has 1 aliphatic rings. The van der Waals surface area contributed by atoms with Crippen LogP contribution in [0.25, 0.3) is 0 Å². The maximum absolute atomic E-state index is 4.62. The lowest BCUT2D eigenvalue weighted by Crippen LogP contribution is -2.30. The number of aryl methyl sites for hydroxylation is 1. The first-order chi connectivity index (χ1) is 13.8. The summed E-state index contributed by atoms with van der Waals surface area (Å²) < 4.78 is 0. The summed E-state index contributed by atoms with van der Waals surface area (Å²) in [4.78, 5) is 8.53. The van der Waals surface area contributed by atoms with Crippen molar-refractivity contribution < 1.29 is 0 Å². The van der Waals surface area contributed by atoms with E-state index in [1.807, 2.05) is 11.8 Å². The predicted octanol–water partition coefficient (Wildman–Crippen LogP) is 5.88. The standard InChI is InChI=1S/C25H28N2S/c1-2-6-24-11-9-21(16-26-24)17-27-14-13-22-10-12-25(15-23(22)18-27)28-19-20-7-4-3-5-8-20/h3-5,7-12,15-16H,2,6,13-14,17-19H2,1H3. The summed E-state index contributed by atoms with van der Waals surface area (Å²) in [5, 5.41) is 0. The van der Waals surface area contributed by atoms with E-state index >= 15 is 0 Å². The Labute approximate surface area is 173 Å². The number of hydrogen-bond acceptors (Lipinski definition) is 3. The Hall–Kier alpha value is -2.10. The average Bonchev–Trinajstić information content (AvgIpc) is 2.74. The number of thioether (sulfide) groups is 1. The zero-order valence-corrected chi connectivity index (χ0v) is 17.4. The van der Waals surface area contributed by atoms with Crippen molar-refractivity contribution in [1.29, 1.82) is 0 Å². The highest BCUT2D eigenvalue weighted by molar-refractivity contribution is 7.98. The van der Waals surface area contributed by atoms with Crippen LogP contribution in [0.4, 0.5) is 0 Å². The monoisotopic (exact) mass is 388 g/mol. The third-order valence-corrected chi connectivity index (χ3v) is 6.38. The van der Waals surface area contributed by atoms with Crippen LogP contribution in [0.3, 0.4) is 0 Å². The van der Waals surface area contributed by atoms with Crippen molar-refractivity contribution in [2.24, 2.45) is 0 Å². The summed E-state index contributed by atoms with van der Waals surface area (Å²) in [6.07, 6.45) is 5.42. The fraction of sp³-hybridized carbons (Fsp3) is 0.320. The van der Waals surface area contributed by atoms with E-state index in [0.717, 1.165) is 44.6 Å². The smallest absolute Gasteiger partial charge is 0.0403 e. The molecule has 0 radical (unpaired) electrons. The van der Waals surface area contributed by atoms with Crippen LogP contribution < -0.4 is 0 Å². The number of fused-ring (bicyclic) bond motifs is 1. The van der Waals surface area contributed by atoms with Crippen molar-refractivity contribution in [3.63, 3.8) is 0 Å². The highest BCUT2D eigenvalue weighted by Crippen LogP contribution is 2.28. The fourth-order valence-corrected chi connectivity index (χ4v) is 4.68. The Kier molecular flexibility index (Phi) is 6.45. The lowest BCUT2D eigenvalue weighted by atomic mass is 9.99. The van der Waals surface area contributed by atoms with Crippen LogP contribution in [-0.2, 0) is 31.7 Å². The quantitative estimate of drug-likeness (QED) is 0.470. The number of nitrogens with zero attached hydrogens (tertiary/aromatic N) is 2. The molecule has 0 atom stereocenters. The van der Waals surface area contributed by atoms with Crippen molar-refractivity contribution in [1.82, 2.24) is 9.88 Å². The zero-order chi connectivity index (χ0) is 19.2. The van der Waals surface area contributed by atoms with E-state index in [1.165, 1.54) is 32.8 Å². The molecule has 0 unspecified atom stereocenters. The van der Waals surface area contributed by atoms with Gasteiger partial charge in [-0.3, -0.25) is 9.88 Å². The Morgan fingerprint density at radius 1 is 0.964 bits per heavy atom. The largest absolute Gasteiger partial charge is 0.294 e. The second-order valence-corrected chi connectivity index (χ2v) is 8.62. The van der Waals surface area contributed by atoms with Gasteiger partial charge in [0.1, 0.15) is 0 Å². The first kappa shape index (κ1) is 19.2. The van der Waals surface area contributed by atoms with Crippen LogP contribution in [0.1, 0.15) is 41.3 Å². The Morgan fingerprint density at radius 3 is 2.64 bits per heavy atom. The molecule has 0 fully saturated rings. The minimum absolute atomic E-state index is 0.986. The molecule has 2 aromatic carbocycles. The summed E-state index contributed by atoms with van der Waals surface area (Å²) in [5.74, 6) is 1.03. The molecular formula is C25H28N2S. The molecule has 28 heavy (non-hydrogen) atoms. The van der Waals surface area contributed by atoms with Crippen molar-refractivity contribution in [3.8, 4) is 0 Å². The molecule has 3 heteroatoms. The Morgan fingerprint density at radius 2 is 1.86 bits per heavy atom. The molecule has 0 saturated heterocycles. The average molecular weight is 389 g/mol. The van der Waals surface area contributed by atoms with Crippen LogP contribution in [0.5, 0.6) is 0 Å². The minimum atomic E-state index is 0.986. The minimum Gasteiger partial charge on any atom is -0.294 e. The van der Waals surface area contributed by atoms with Crippen LogP contribution in [0, 0.1) is 0 Å². The Balaban J connectivity index is 1.38. The molecule has 0 spiro atoms. The van der Waals surface area contributed by atoms with E-state index in [2.05, 4.69) is 83.7 Å². The summed E-state index contributed by atoms with van der Waals surface area (Å²) >= 11 is 1.93. The van der Waals surface area contributed by atoms with E-state index in [-0.39, 0.29) is 0 Å². The highest BCUT2D eigenvalue weighted by Gasteiger charge is 2.17. The molecule has 0 saturated carbocycles. The maximum atomic E-state index is 4.62. The third kappa shape index (κ3) is 5.03. The van der Waals surface area contributed by atoms with Crippen molar-refractivity contribution >= 4 is 11.8 Å². The third-order valence-electron chi connectivity index (χ3n) is 5.32. The zero-order valence-electron chi connectivity index (χ0n) is 16.6. The molecular weight excluding hydrogens is 360 g/mol. The van der Waals surface area contributed by atoms with Gasteiger partial charge in [-0.15, -0.1) is 11.8 Å². The first-order valence-corrected chi connectivity index (χ1v) is 11.2. The number of benzene rings is 2. The first-order valence-electron chi connectivity index (χ1n) is 10.2. The lowest BCUT2D eigenvalue weighted by molar-refractivity contribution is 0.245. The summed E-state index contributed by atoms with van der Waals surface area (Å²) in [6, 6.07) is 22.2. The van der Waals surface area contributed by atoms with Crippen molar-refractivity contribution in [2.75, 3.05) is 6.54 Å². The normalized spacial score (nSPS) is 14.0. The maximum Gasteiger partial charge on any atom is 0.0403 e. The number of aromatic nitrogens is 1. The molecule has 144 valence electrons. The Bertz CT molecular complexity index is 890. The van der Waals surface area contributed by atoms with Gasteiger partial charge < -0.3 is 0 Å². The molecule has 2 nitrogen and oxygen atoms in total. The van der Waals surface area contributed by atoms with Crippen LogP contribution in [0.2, 0.25) is 0 Å². The number of hydrogen-bond donors (Lipinski definition) is 0. The molecule has 2 heterocycles. The predicted molar refractivity (Wildman–Crippen MR) is 118 cm³/mol. The van der Waals surface area contributed by atoms with Gasteiger partial charge >= 0.3 is 0 Å². The van der Waals surface area contributed by atoms with Crippen LogP contribution >= 0.6 is 11.8 Å². The molecule has 1 aromatic heterocycles. The van der Waals surface area contributed by atoms with E-state index < -0.39 is 0 Å². The van der Waals surface area contributed by atoms with Gasteiger partial charge in [0.2, 0.25) is 0 Å². The second-order valence-electron chi connectivity index (χ2n) is 7.57. The number of pyridine rings is 1. The van der Waals surface area contributed by atoms with E-state index in [4.69, 9.17) is 0 Å². The van der Waals surface area contributed by atoms with Gasteiger partial charge in [0, 0.05) is 42.2 Å². The topological polar surface area (TPSA) is 16.1 Å². The van der Waals surface area contributed by atoms with Gasteiger partial charge in [0.25, 0.3) is 0 Å². The van der Waals surface area contributed by atoms with Crippen molar-refractivity contribution in [3.05, 3.63) is 94.8 Å². The van der Waals surface area contributed by atoms with Crippen LogP contribution in [-0.4, -0.2) is 16.4 Å². The molecule has 0 bridgehead atoms. The van der Waals surface area contributed by atoms with E-state index in [1.54, 1.807) is 0 Å². The van der Waals surface area contributed by atoms with Gasteiger partial charge in [-0.1, -0.05) is 55.8 Å². The highest BCUT2D eigenvalue weighted by atomic mass is 32.2. The number of rotatable bonds is 7. The summed E-state index contributed by atoms with van der Waals surface area (Å²) in [5.41, 5.74) is 6.90. The molecule has 3 aromatic rings. The lowest BCUT2D eigenvalue weighted by Gasteiger charge is -2.29. The molecule has 0 aliphatic carbocycles. The van der Waals surface area contributed by atoms with Gasteiger partial charge in [-0.25, -0.2) is 0 Å². The van der Waals surface area contributed by atoms with Gasteiger partial charge in [-0.2, -0.15) is 0 Å². The summed E-state index contributed by atoms with van der Waals surface area (Å²) in [6.45, 7) is 5.35. The fourth-order valence-electron chi connectivity index (χ4n) is 3.77. The van der Waals surface area contributed by atoms with Gasteiger partial charge in [0.05, 0.1) is 0 Å². The van der Waals surface area contributed by atoms with Gasteiger partial charge in [-0.05, 0) is 53.3 Å². The summed E-state index contributed by atoms with van der Waals surface area (Å²) in [7, 11) is 0. The SMILES string of the molecule is CCCc1ccc(CN2CCc3ccc(SCc4ccccc4)cc3C2)cn1. The van der Waals surface area contributed by atoms with E-state index in [0.29, 0.717) is 0 Å². The molecule has 4 rings (SSSR count). The molecule has 0 amide bonds. The molecule has 0 N–H and O–H groups in total. The van der Waals surface area contributed by atoms with Crippen molar-refractivity contribution in [2.45, 2.75) is 49.9 Å². The van der Waals surface area contributed by atoms with Crippen LogP contribution in [0.15, 0.2) is 71.8 Å².